The van der Waals surface area contributed by atoms with Gasteiger partial charge >= 0.3 is 0 Å². The molecule has 0 saturated carbocycles. The summed E-state index contributed by atoms with van der Waals surface area (Å²) in [6.45, 7) is 5.31. The summed E-state index contributed by atoms with van der Waals surface area (Å²) in [6.07, 6.45) is 3.31. The van der Waals surface area contributed by atoms with Crippen molar-refractivity contribution in [3.8, 4) is 5.75 Å². The summed E-state index contributed by atoms with van der Waals surface area (Å²) in [7, 11) is -2.54. The Hall–Kier alpha value is -3.32. The number of benzene rings is 3. The molecule has 1 unspecified atom stereocenters. The van der Waals surface area contributed by atoms with Gasteiger partial charge < -0.3 is 10.1 Å². The van der Waals surface area contributed by atoms with Crippen LogP contribution in [0.4, 0.5) is 5.69 Å². The van der Waals surface area contributed by atoms with Crippen molar-refractivity contribution in [3.63, 3.8) is 0 Å². The van der Waals surface area contributed by atoms with Crippen molar-refractivity contribution in [2.45, 2.75) is 51.0 Å². The SMILES string of the molecule is COc1ccc(C)cc1N(CC(=O)NC(C)c1ccc2c(c1)CCC2)S(=O)(=O)c1ccc(C)cc1. The molecule has 1 atom stereocenters. The van der Waals surface area contributed by atoms with E-state index in [1.807, 2.05) is 32.9 Å². The Bertz CT molecular complexity index is 1330. The number of carbonyl (C=O) groups is 1. The number of carbonyl (C=O) groups excluding carboxylic acids is 1. The highest BCUT2D eigenvalue weighted by molar-refractivity contribution is 7.92. The summed E-state index contributed by atoms with van der Waals surface area (Å²) >= 11 is 0. The summed E-state index contributed by atoms with van der Waals surface area (Å²) in [4.78, 5) is 13.3. The third kappa shape index (κ3) is 5.35. The van der Waals surface area contributed by atoms with Crippen molar-refractivity contribution in [1.82, 2.24) is 5.32 Å². The number of nitrogens with one attached hydrogen (secondary N) is 1. The highest BCUT2D eigenvalue weighted by atomic mass is 32.2. The molecule has 0 fully saturated rings. The zero-order valence-corrected chi connectivity index (χ0v) is 21.5. The van der Waals surface area contributed by atoms with E-state index in [0.29, 0.717) is 11.4 Å². The normalized spacial score (nSPS) is 13.7. The lowest BCUT2D eigenvalue weighted by Crippen LogP contribution is -2.41. The zero-order chi connectivity index (χ0) is 25.2. The van der Waals surface area contributed by atoms with Crippen LogP contribution in [-0.2, 0) is 27.7 Å². The van der Waals surface area contributed by atoms with Gasteiger partial charge in [-0.05, 0) is 86.6 Å². The van der Waals surface area contributed by atoms with Gasteiger partial charge in [0.2, 0.25) is 5.91 Å². The quantitative estimate of drug-likeness (QED) is 0.487. The third-order valence-electron chi connectivity index (χ3n) is 6.50. The van der Waals surface area contributed by atoms with E-state index in [0.717, 1.165) is 40.3 Å². The lowest BCUT2D eigenvalue weighted by Gasteiger charge is -2.27. The molecule has 6 nitrogen and oxygen atoms in total. The average Bonchev–Trinajstić information content (AvgIpc) is 3.30. The van der Waals surface area contributed by atoms with Crippen LogP contribution in [0.1, 0.15) is 47.2 Å². The molecule has 35 heavy (non-hydrogen) atoms. The second-order valence-electron chi connectivity index (χ2n) is 9.17. The maximum absolute atomic E-state index is 13.7. The Balaban J connectivity index is 1.64. The number of amides is 1. The van der Waals surface area contributed by atoms with Crippen LogP contribution in [0, 0.1) is 13.8 Å². The molecule has 4 rings (SSSR count). The average molecular weight is 493 g/mol. The van der Waals surface area contributed by atoms with Crippen LogP contribution in [0.3, 0.4) is 0 Å². The van der Waals surface area contributed by atoms with Crippen LogP contribution >= 0.6 is 0 Å². The van der Waals surface area contributed by atoms with Crippen LogP contribution in [0.5, 0.6) is 5.75 Å². The van der Waals surface area contributed by atoms with E-state index in [1.165, 1.54) is 18.2 Å². The molecule has 0 radical (unpaired) electrons. The van der Waals surface area contributed by atoms with Gasteiger partial charge in [0.15, 0.2) is 0 Å². The van der Waals surface area contributed by atoms with Gasteiger partial charge in [0, 0.05) is 0 Å². The molecule has 1 amide bonds. The molecule has 0 spiro atoms. The first-order valence-electron chi connectivity index (χ1n) is 11.8. The maximum Gasteiger partial charge on any atom is 0.264 e. The molecule has 0 heterocycles. The Labute approximate surface area is 208 Å². The Kier molecular flexibility index (Phi) is 7.17. The van der Waals surface area contributed by atoms with Crippen molar-refractivity contribution in [2.24, 2.45) is 0 Å². The Morgan fingerprint density at radius 2 is 1.66 bits per heavy atom. The molecule has 1 aliphatic rings. The van der Waals surface area contributed by atoms with E-state index in [-0.39, 0.29) is 17.5 Å². The van der Waals surface area contributed by atoms with Crippen molar-refractivity contribution in [2.75, 3.05) is 18.0 Å². The zero-order valence-electron chi connectivity index (χ0n) is 20.7. The van der Waals surface area contributed by atoms with Gasteiger partial charge in [-0.15, -0.1) is 0 Å². The molecule has 184 valence electrons. The van der Waals surface area contributed by atoms with Crippen LogP contribution in [0.15, 0.2) is 65.6 Å². The van der Waals surface area contributed by atoms with Gasteiger partial charge in [0.05, 0.1) is 23.7 Å². The number of fused-ring (bicyclic) bond motifs is 1. The number of methoxy groups -OCH3 is 1. The minimum Gasteiger partial charge on any atom is -0.495 e. The van der Waals surface area contributed by atoms with Crippen molar-refractivity contribution < 1.29 is 17.9 Å². The van der Waals surface area contributed by atoms with E-state index in [9.17, 15) is 13.2 Å². The van der Waals surface area contributed by atoms with Gasteiger partial charge in [-0.3, -0.25) is 9.10 Å². The minimum absolute atomic E-state index is 0.117. The maximum atomic E-state index is 13.7. The predicted molar refractivity (Wildman–Crippen MR) is 138 cm³/mol. The van der Waals surface area contributed by atoms with Crippen LogP contribution < -0.4 is 14.4 Å². The van der Waals surface area contributed by atoms with Crippen molar-refractivity contribution >= 4 is 21.6 Å². The van der Waals surface area contributed by atoms with Gasteiger partial charge in [0.1, 0.15) is 12.3 Å². The monoisotopic (exact) mass is 492 g/mol. The van der Waals surface area contributed by atoms with Crippen molar-refractivity contribution in [1.29, 1.82) is 0 Å². The third-order valence-corrected chi connectivity index (χ3v) is 8.27. The smallest absolute Gasteiger partial charge is 0.264 e. The first-order valence-corrected chi connectivity index (χ1v) is 13.3. The van der Waals surface area contributed by atoms with Crippen molar-refractivity contribution in [3.05, 3.63) is 88.5 Å². The number of ether oxygens (including phenoxy) is 1. The molecule has 0 aromatic heterocycles. The van der Waals surface area contributed by atoms with Gasteiger partial charge in [-0.2, -0.15) is 0 Å². The minimum atomic E-state index is -4.03. The fraction of sp³-hybridized carbons (Fsp3) is 0.321. The number of rotatable bonds is 8. The largest absolute Gasteiger partial charge is 0.495 e. The standard InChI is InChI=1S/C28H32N2O4S/c1-19-8-13-25(14-9-19)35(32,33)30(26-16-20(2)10-15-27(26)34-4)18-28(31)29-21(3)23-12-11-22-6-5-7-24(22)17-23/h8-17,21H,5-7,18H2,1-4H3,(H,29,31). The summed E-state index contributed by atoms with van der Waals surface area (Å²) in [5.74, 6) is -0.0111. The van der Waals surface area contributed by atoms with E-state index < -0.39 is 15.9 Å². The summed E-state index contributed by atoms with van der Waals surface area (Å²) < 4.78 is 34.1. The molecular weight excluding hydrogens is 460 g/mol. The van der Waals surface area contributed by atoms with Gasteiger partial charge in [-0.1, -0.05) is 42.0 Å². The first-order chi connectivity index (χ1) is 16.7. The number of hydrogen-bond acceptors (Lipinski definition) is 4. The highest BCUT2D eigenvalue weighted by Crippen LogP contribution is 2.33. The fourth-order valence-corrected chi connectivity index (χ4v) is 5.92. The van der Waals surface area contributed by atoms with Gasteiger partial charge in [-0.25, -0.2) is 8.42 Å². The number of sulfonamides is 1. The van der Waals surface area contributed by atoms with E-state index in [4.69, 9.17) is 4.74 Å². The molecule has 1 aliphatic carbocycles. The summed E-state index contributed by atoms with van der Waals surface area (Å²) in [5, 5.41) is 2.99. The number of nitrogens with zero attached hydrogens (tertiary/aromatic N) is 1. The Morgan fingerprint density at radius 3 is 2.37 bits per heavy atom. The Morgan fingerprint density at radius 1 is 0.971 bits per heavy atom. The highest BCUT2D eigenvalue weighted by Gasteiger charge is 2.30. The van der Waals surface area contributed by atoms with E-state index in [1.54, 1.807) is 36.4 Å². The number of aryl methyl sites for hydroxylation is 4. The molecule has 0 saturated heterocycles. The lowest BCUT2D eigenvalue weighted by atomic mass is 10.0. The molecule has 0 aliphatic heterocycles. The van der Waals surface area contributed by atoms with Crippen LogP contribution in [-0.4, -0.2) is 28.0 Å². The van der Waals surface area contributed by atoms with Crippen LogP contribution in [0.25, 0.3) is 0 Å². The molecular formula is C28H32N2O4S. The summed E-state index contributed by atoms with van der Waals surface area (Å²) in [5.41, 5.74) is 5.85. The van der Waals surface area contributed by atoms with Crippen LogP contribution in [0.2, 0.25) is 0 Å². The lowest BCUT2D eigenvalue weighted by molar-refractivity contribution is -0.120. The van der Waals surface area contributed by atoms with E-state index >= 15 is 0 Å². The first kappa shape index (κ1) is 24.8. The molecule has 3 aromatic carbocycles. The second-order valence-corrected chi connectivity index (χ2v) is 11.0. The predicted octanol–water partition coefficient (Wildman–Crippen LogP) is 4.87. The second kappa shape index (κ2) is 10.1. The molecule has 7 heteroatoms. The topological polar surface area (TPSA) is 75.7 Å². The molecule has 0 bridgehead atoms. The van der Waals surface area contributed by atoms with E-state index in [2.05, 4.69) is 17.4 Å². The molecule has 3 aromatic rings. The summed E-state index contributed by atoms with van der Waals surface area (Å²) in [6, 6.07) is 18.0. The molecule has 1 N–H and O–H groups in total. The fourth-order valence-electron chi connectivity index (χ4n) is 4.49. The number of anilines is 1. The number of hydrogen-bond donors (Lipinski definition) is 1. The van der Waals surface area contributed by atoms with Gasteiger partial charge in [0.25, 0.3) is 10.0 Å².